The number of hydrogen-bond donors (Lipinski definition) is 0. The predicted molar refractivity (Wildman–Crippen MR) is 35.3 cm³/mol. The summed E-state index contributed by atoms with van der Waals surface area (Å²) in [6.07, 6.45) is 4.49. The van der Waals surface area contributed by atoms with Gasteiger partial charge in [0.25, 0.3) is 0 Å². The highest BCUT2D eigenvalue weighted by molar-refractivity contribution is 5.33. The highest BCUT2D eigenvalue weighted by Gasteiger charge is 1.93. The molecule has 0 unspecified atom stereocenters. The minimum Gasteiger partial charge on any atom is -0.198 e. The Morgan fingerprint density at radius 2 is 2.67 bits per heavy atom. The molecule has 0 saturated carbocycles. The van der Waals surface area contributed by atoms with Crippen LogP contribution in [0.3, 0.4) is 0 Å². The SMILES string of the molecule is N#CCC1=CCCC#C1. The maximum atomic E-state index is 8.26. The second-order valence-electron chi connectivity index (χ2n) is 1.90. The van der Waals surface area contributed by atoms with Gasteiger partial charge in [0.1, 0.15) is 0 Å². The van der Waals surface area contributed by atoms with Crippen LogP contribution in [-0.2, 0) is 0 Å². The van der Waals surface area contributed by atoms with Gasteiger partial charge >= 0.3 is 0 Å². The molecule has 44 valence electrons. The second kappa shape index (κ2) is 2.95. The average Bonchev–Trinajstić information content (AvgIpc) is 1.91. The predicted octanol–water partition coefficient (Wildman–Crippen LogP) is 1.62. The van der Waals surface area contributed by atoms with Crippen molar-refractivity contribution in [3.63, 3.8) is 0 Å². The van der Waals surface area contributed by atoms with Gasteiger partial charge in [0.15, 0.2) is 0 Å². The molecule has 0 aromatic heterocycles. The molecule has 0 bridgehead atoms. The topological polar surface area (TPSA) is 23.8 Å². The fraction of sp³-hybridized carbons (Fsp3) is 0.375. The van der Waals surface area contributed by atoms with Crippen LogP contribution >= 0.6 is 0 Å². The van der Waals surface area contributed by atoms with E-state index >= 15 is 0 Å². The Hall–Kier alpha value is -1.21. The van der Waals surface area contributed by atoms with Crippen LogP contribution in [0.2, 0.25) is 0 Å². The van der Waals surface area contributed by atoms with Gasteiger partial charge in [-0.3, -0.25) is 0 Å². The lowest BCUT2D eigenvalue weighted by Crippen LogP contribution is -1.82. The van der Waals surface area contributed by atoms with Crippen LogP contribution in [0.4, 0.5) is 0 Å². The van der Waals surface area contributed by atoms with Gasteiger partial charge in [0, 0.05) is 12.0 Å². The summed E-state index contributed by atoms with van der Waals surface area (Å²) in [5.41, 5.74) is 0.990. The standard InChI is InChI=1S/C8H7N/c9-7-6-8-4-2-1-3-5-8/h4H,1-2,6H2. The van der Waals surface area contributed by atoms with Crippen LogP contribution in [0.1, 0.15) is 19.3 Å². The largest absolute Gasteiger partial charge is 0.198 e. The van der Waals surface area contributed by atoms with Gasteiger partial charge in [0.05, 0.1) is 12.5 Å². The van der Waals surface area contributed by atoms with E-state index in [2.05, 4.69) is 17.9 Å². The molecule has 1 heteroatoms. The zero-order valence-corrected chi connectivity index (χ0v) is 5.15. The van der Waals surface area contributed by atoms with Gasteiger partial charge in [-0.05, 0) is 6.42 Å². The Balaban J connectivity index is 2.57. The molecule has 0 atom stereocenters. The molecule has 1 nitrogen and oxygen atoms in total. The van der Waals surface area contributed by atoms with Crippen LogP contribution in [0.25, 0.3) is 0 Å². The van der Waals surface area contributed by atoms with Crippen molar-refractivity contribution in [2.45, 2.75) is 19.3 Å². The third-order valence-electron chi connectivity index (χ3n) is 1.18. The average molecular weight is 117 g/mol. The van der Waals surface area contributed by atoms with Crippen molar-refractivity contribution in [1.82, 2.24) is 0 Å². The number of nitriles is 1. The Morgan fingerprint density at radius 1 is 1.78 bits per heavy atom. The summed E-state index contributed by atoms with van der Waals surface area (Å²) in [7, 11) is 0. The first-order chi connectivity index (χ1) is 4.43. The first-order valence-corrected chi connectivity index (χ1v) is 2.98. The summed E-state index contributed by atoms with van der Waals surface area (Å²) in [6, 6.07) is 2.07. The molecule has 0 radical (unpaired) electrons. The summed E-state index contributed by atoms with van der Waals surface area (Å²) in [5.74, 6) is 5.86. The lowest BCUT2D eigenvalue weighted by Gasteiger charge is -1.95. The molecular weight excluding hydrogens is 110 g/mol. The Labute approximate surface area is 55.0 Å². The summed E-state index contributed by atoms with van der Waals surface area (Å²) in [5, 5.41) is 8.26. The molecule has 1 aliphatic rings. The molecule has 0 N–H and O–H groups in total. The van der Waals surface area contributed by atoms with Crippen LogP contribution in [-0.4, -0.2) is 0 Å². The van der Waals surface area contributed by atoms with Crippen molar-refractivity contribution in [3.05, 3.63) is 11.6 Å². The highest BCUT2D eigenvalue weighted by atomic mass is 14.2. The summed E-state index contributed by atoms with van der Waals surface area (Å²) >= 11 is 0. The molecule has 0 heterocycles. The summed E-state index contributed by atoms with van der Waals surface area (Å²) in [6.45, 7) is 0. The van der Waals surface area contributed by atoms with Crippen molar-refractivity contribution in [1.29, 1.82) is 5.26 Å². The maximum absolute atomic E-state index is 8.26. The van der Waals surface area contributed by atoms with Gasteiger partial charge in [-0.1, -0.05) is 17.9 Å². The maximum Gasteiger partial charge on any atom is 0.0678 e. The number of nitrogens with zero attached hydrogens (tertiary/aromatic N) is 1. The smallest absolute Gasteiger partial charge is 0.0678 e. The number of hydrogen-bond acceptors (Lipinski definition) is 1. The van der Waals surface area contributed by atoms with E-state index in [1.165, 1.54) is 0 Å². The fourth-order valence-corrected chi connectivity index (χ4v) is 0.747. The molecule has 0 aliphatic heterocycles. The van der Waals surface area contributed by atoms with E-state index in [9.17, 15) is 0 Å². The van der Waals surface area contributed by atoms with E-state index in [0.29, 0.717) is 6.42 Å². The van der Waals surface area contributed by atoms with Gasteiger partial charge in [-0.2, -0.15) is 5.26 Å². The van der Waals surface area contributed by atoms with Gasteiger partial charge in [-0.15, -0.1) is 0 Å². The molecule has 0 amide bonds. The van der Waals surface area contributed by atoms with Crippen molar-refractivity contribution in [2.75, 3.05) is 0 Å². The van der Waals surface area contributed by atoms with Gasteiger partial charge < -0.3 is 0 Å². The van der Waals surface area contributed by atoms with Crippen LogP contribution < -0.4 is 0 Å². The molecule has 0 saturated heterocycles. The molecular formula is C8H7N. The van der Waals surface area contributed by atoms with Crippen molar-refractivity contribution in [3.8, 4) is 17.9 Å². The molecule has 0 spiro atoms. The first-order valence-electron chi connectivity index (χ1n) is 2.98. The molecule has 0 aromatic rings. The van der Waals surface area contributed by atoms with Crippen LogP contribution in [0.15, 0.2) is 11.6 Å². The van der Waals surface area contributed by atoms with Crippen molar-refractivity contribution in [2.24, 2.45) is 0 Å². The third-order valence-corrected chi connectivity index (χ3v) is 1.18. The highest BCUT2D eigenvalue weighted by Crippen LogP contribution is 2.05. The molecule has 9 heavy (non-hydrogen) atoms. The van der Waals surface area contributed by atoms with E-state index in [1.54, 1.807) is 0 Å². The van der Waals surface area contributed by atoms with E-state index in [1.807, 2.05) is 6.08 Å². The third kappa shape index (κ3) is 1.63. The van der Waals surface area contributed by atoms with Gasteiger partial charge in [-0.25, -0.2) is 0 Å². The Kier molecular flexibility index (Phi) is 1.94. The van der Waals surface area contributed by atoms with Crippen molar-refractivity contribution >= 4 is 0 Å². The minimum atomic E-state index is 0.479. The monoisotopic (exact) mass is 117 g/mol. The minimum absolute atomic E-state index is 0.479. The summed E-state index contributed by atoms with van der Waals surface area (Å²) in [4.78, 5) is 0. The second-order valence-corrected chi connectivity index (χ2v) is 1.90. The normalized spacial score (nSPS) is 14.8. The van der Waals surface area contributed by atoms with Crippen LogP contribution in [0, 0.1) is 23.2 Å². The quantitative estimate of drug-likeness (QED) is 0.479. The first kappa shape index (κ1) is 5.92. The van der Waals surface area contributed by atoms with E-state index in [4.69, 9.17) is 5.26 Å². The zero-order chi connectivity index (χ0) is 6.53. The van der Waals surface area contributed by atoms with E-state index in [-0.39, 0.29) is 0 Å². The Bertz CT molecular complexity index is 219. The zero-order valence-electron chi connectivity index (χ0n) is 5.15. The lowest BCUT2D eigenvalue weighted by atomic mass is 10.1. The van der Waals surface area contributed by atoms with E-state index in [0.717, 1.165) is 18.4 Å². The fourth-order valence-electron chi connectivity index (χ4n) is 0.747. The lowest BCUT2D eigenvalue weighted by molar-refractivity contribution is 1.05. The van der Waals surface area contributed by atoms with Crippen LogP contribution in [0.5, 0.6) is 0 Å². The summed E-state index contributed by atoms with van der Waals surface area (Å²) < 4.78 is 0. The molecule has 0 fully saturated rings. The van der Waals surface area contributed by atoms with Gasteiger partial charge in [0.2, 0.25) is 0 Å². The van der Waals surface area contributed by atoms with E-state index < -0.39 is 0 Å². The number of allylic oxidation sites excluding steroid dienone is 2. The molecule has 0 aromatic carbocycles. The molecule has 1 rings (SSSR count). The number of rotatable bonds is 1. The molecule has 1 aliphatic carbocycles. The van der Waals surface area contributed by atoms with Crippen molar-refractivity contribution < 1.29 is 0 Å². The Morgan fingerprint density at radius 3 is 3.22 bits per heavy atom.